The molecule has 0 aliphatic heterocycles. The van der Waals surface area contributed by atoms with E-state index >= 15 is 0 Å². The number of hydrogen-bond acceptors (Lipinski definition) is 4. The molecule has 5 heteroatoms. The molecule has 0 spiro atoms. The third-order valence-electron chi connectivity index (χ3n) is 7.06. The van der Waals surface area contributed by atoms with Gasteiger partial charge >= 0.3 is 0 Å². The summed E-state index contributed by atoms with van der Waals surface area (Å²) in [7, 11) is 0. The summed E-state index contributed by atoms with van der Waals surface area (Å²) in [4.78, 5) is 8.90. The smallest absolute Gasteiger partial charge is 0.159 e. The van der Waals surface area contributed by atoms with Gasteiger partial charge in [0.2, 0.25) is 0 Å². The Morgan fingerprint density at radius 2 is 1.49 bits per heavy atom. The van der Waals surface area contributed by atoms with Crippen molar-refractivity contribution in [2.75, 3.05) is 13.2 Å². The van der Waals surface area contributed by atoms with Crippen LogP contribution in [0.4, 0.5) is 4.39 Å². The van der Waals surface area contributed by atoms with Crippen LogP contribution in [0.3, 0.4) is 0 Å². The van der Waals surface area contributed by atoms with E-state index < -0.39 is 6.17 Å². The van der Waals surface area contributed by atoms with E-state index in [0.29, 0.717) is 25.3 Å². The maximum absolute atomic E-state index is 13.8. The molecule has 0 bridgehead atoms. The fraction of sp³-hybridized carbons (Fsp3) is 0.667. The number of ether oxygens (including phenoxy) is 2. The lowest BCUT2D eigenvalue weighted by Gasteiger charge is -2.10. The van der Waals surface area contributed by atoms with Crippen LogP contribution >= 0.6 is 0 Å². The predicted octanol–water partition coefficient (Wildman–Crippen LogP) is 8.74. The van der Waals surface area contributed by atoms with Gasteiger partial charge in [0.05, 0.1) is 25.6 Å². The summed E-state index contributed by atoms with van der Waals surface area (Å²) in [5.74, 6) is 3.14. The van der Waals surface area contributed by atoms with Crippen LogP contribution in [-0.4, -0.2) is 29.4 Å². The van der Waals surface area contributed by atoms with Crippen molar-refractivity contribution in [3.05, 3.63) is 36.7 Å². The second-order valence-electron chi connectivity index (χ2n) is 10.1. The summed E-state index contributed by atoms with van der Waals surface area (Å²) in [5.41, 5.74) is 0.921. The van der Waals surface area contributed by atoms with Gasteiger partial charge < -0.3 is 9.47 Å². The summed E-state index contributed by atoms with van der Waals surface area (Å²) in [6.07, 6.45) is 20.6. The number of unbranched alkanes of at least 4 members (excludes halogenated alkanes) is 6. The van der Waals surface area contributed by atoms with Crippen molar-refractivity contribution < 1.29 is 13.9 Å². The van der Waals surface area contributed by atoms with Crippen molar-refractivity contribution in [3.8, 4) is 22.9 Å². The average Bonchev–Trinajstić information content (AvgIpc) is 3.40. The topological polar surface area (TPSA) is 44.2 Å². The summed E-state index contributed by atoms with van der Waals surface area (Å²) >= 11 is 0. The lowest BCUT2D eigenvalue weighted by molar-refractivity contribution is 0.223. The fourth-order valence-corrected chi connectivity index (χ4v) is 4.86. The molecule has 0 N–H and O–H groups in total. The second kappa shape index (κ2) is 16.5. The molecule has 1 heterocycles. The Hall–Kier alpha value is -2.17. The summed E-state index contributed by atoms with van der Waals surface area (Å²) < 4.78 is 25.4. The third kappa shape index (κ3) is 11.0. The molecular weight excluding hydrogens is 439 g/mol. The van der Waals surface area contributed by atoms with Crippen LogP contribution in [0.1, 0.15) is 103 Å². The molecule has 0 radical (unpaired) electrons. The average molecular weight is 485 g/mol. The first-order valence-corrected chi connectivity index (χ1v) is 14.1. The predicted molar refractivity (Wildman–Crippen MR) is 142 cm³/mol. The molecule has 1 atom stereocenters. The van der Waals surface area contributed by atoms with E-state index in [1.807, 2.05) is 24.3 Å². The molecule has 194 valence electrons. The van der Waals surface area contributed by atoms with Crippen LogP contribution in [0.5, 0.6) is 11.5 Å². The van der Waals surface area contributed by atoms with Gasteiger partial charge in [-0.15, -0.1) is 0 Å². The van der Waals surface area contributed by atoms with Crippen LogP contribution < -0.4 is 9.47 Å². The van der Waals surface area contributed by atoms with E-state index in [2.05, 4.69) is 16.9 Å². The minimum absolute atomic E-state index is 0.398. The van der Waals surface area contributed by atoms with Gasteiger partial charge in [-0.25, -0.2) is 14.4 Å². The SMILES string of the molecule is CCCCC[C@H](F)CCOc1ccc(-c2ncc(OCCCCCCCC3CCCC3)cn2)cc1. The summed E-state index contributed by atoms with van der Waals surface area (Å²) in [6.45, 7) is 3.25. The van der Waals surface area contributed by atoms with Crippen molar-refractivity contribution in [2.45, 2.75) is 109 Å². The van der Waals surface area contributed by atoms with E-state index in [0.717, 1.165) is 55.3 Å². The first kappa shape index (κ1) is 27.4. The van der Waals surface area contributed by atoms with Crippen LogP contribution in [0.2, 0.25) is 0 Å². The number of halogens is 1. The highest BCUT2D eigenvalue weighted by Crippen LogP contribution is 2.29. The minimum atomic E-state index is -0.777. The summed E-state index contributed by atoms with van der Waals surface area (Å²) in [5, 5.41) is 0. The number of rotatable bonds is 18. The van der Waals surface area contributed by atoms with Gasteiger partial charge in [-0.3, -0.25) is 0 Å². The van der Waals surface area contributed by atoms with E-state index in [-0.39, 0.29) is 0 Å². The zero-order chi connectivity index (χ0) is 24.6. The number of alkyl halides is 1. The molecule has 0 saturated heterocycles. The van der Waals surface area contributed by atoms with Crippen LogP contribution in [0, 0.1) is 5.92 Å². The quantitative estimate of drug-likeness (QED) is 0.198. The highest BCUT2D eigenvalue weighted by molar-refractivity contribution is 5.56. The van der Waals surface area contributed by atoms with Gasteiger partial charge in [0.15, 0.2) is 11.6 Å². The third-order valence-corrected chi connectivity index (χ3v) is 7.06. The first-order chi connectivity index (χ1) is 17.2. The van der Waals surface area contributed by atoms with Crippen LogP contribution in [0.15, 0.2) is 36.7 Å². The van der Waals surface area contributed by atoms with Gasteiger partial charge in [-0.2, -0.15) is 0 Å². The molecule has 1 aromatic heterocycles. The van der Waals surface area contributed by atoms with Gasteiger partial charge in [0, 0.05) is 12.0 Å². The van der Waals surface area contributed by atoms with Crippen molar-refractivity contribution in [3.63, 3.8) is 0 Å². The molecule has 0 unspecified atom stereocenters. The van der Waals surface area contributed by atoms with Crippen molar-refractivity contribution in [2.24, 2.45) is 5.92 Å². The Kier molecular flexibility index (Phi) is 12.9. The Balaban J connectivity index is 1.27. The normalized spacial score (nSPS) is 14.8. The van der Waals surface area contributed by atoms with Crippen molar-refractivity contribution >= 4 is 0 Å². The number of benzene rings is 1. The van der Waals surface area contributed by atoms with Crippen molar-refractivity contribution in [1.29, 1.82) is 0 Å². The Morgan fingerprint density at radius 1 is 0.800 bits per heavy atom. The Bertz CT molecular complexity index is 791. The molecular formula is C30H45FN2O2. The minimum Gasteiger partial charge on any atom is -0.493 e. The molecule has 1 fully saturated rings. The number of nitrogens with zero attached hydrogens (tertiary/aromatic N) is 2. The lowest BCUT2D eigenvalue weighted by Crippen LogP contribution is -2.07. The van der Waals surface area contributed by atoms with Gasteiger partial charge in [0.25, 0.3) is 0 Å². The molecule has 1 aliphatic carbocycles. The largest absolute Gasteiger partial charge is 0.493 e. The lowest BCUT2D eigenvalue weighted by atomic mass is 9.99. The van der Waals surface area contributed by atoms with E-state index in [1.165, 1.54) is 57.8 Å². The Labute approximate surface area is 212 Å². The van der Waals surface area contributed by atoms with Gasteiger partial charge in [-0.05, 0) is 43.0 Å². The second-order valence-corrected chi connectivity index (χ2v) is 10.1. The highest BCUT2D eigenvalue weighted by atomic mass is 19.1. The molecule has 1 aliphatic rings. The number of hydrogen-bond donors (Lipinski definition) is 0. The zero-order valence-electron chi connectivity index (χ0n) is 21.7. The first-order valence-electron chi connectivity index (χ1n) is 14.1. The number of aromatic nitrogens is 2. The Morgan fingerprint density at radius 3 is 2.23 bits per heavy atom. The van der Waals surface area contributed by atoms with Crippen LogP contribution in [-0.2, 0) is 0 Å². The van der Waals surface area contributed by atoms with Crippen LogP contribution in [0.25, 0.3) is 11.4 Å². The molecule has 3 rings (SSSR count). The zero-order valence-corrected chi connectivity index (χ0v) is 21.7. The maximum atomic E-state index is 13.8. The monoisotopic (exact) mass is 484 g/mol. The molecule has 1 saturated carbocycles. The molecule has 1 aromatic carbocycles. The fourth-order valence-electron chi connectivity index (χ4n) is 4.86. The molecule has 35 heavy (non-hydrogen) atoms. The molecule has 0 amide bonds. The van der Waals surface area contributed by atoms with Gasteiger partial charge in [0.1, 0.15) is 11.9 Å². The maximum Gasteiger partial charge on any atom is 0.159 e. The van der Waals surface area contributed by atoms with E-state index in [1.54, 1.807) is 12.4 Å². The molecule has 4 nitrogen and oxygen atoms in total. The van der Waals surface area contributed by atoms with E-state index in [4.69, 9.17) is 9.47 Å². The van der Waals surface area contributed by atoms with Gasteiger partial charge in [-0.1, -0.05) is 84.0 Å². The summed E-state index contributed by atoms with van der Waals surface area (Å²) in [6, 6.07) is 7.65. The standard InChI is InChI=1S/C30H45FN2O2/c1-2-3-7-15-27(31)20-22-35-28-18-16-26(17-19-28)30-32-23-29(24-33-30)34-21-11-6-4-5-8-12-25-13-9-10-14-25/h16-19,23-25,27H,2-15,20-22H2,1H3/t27-/m0/s1. The van der Waals surface area contributed by atoms with Crippen molar-refractivity contribution in [1.82, 2.24) is 9.97 Å². The highest BCUT2D eigenvalue weighted by Gasteiger charge is 2.13. The molecule has 2 aromatic rings. The van der Waals surface area contributed by atoms with E-state index in [9.17, 15) is 4.39 Å².